The first kappa shape index (κ1) is 14.0. The summed E-state index contributed by atoms with van der Waals surface area (Å²) in [5.41, 5.74) is 3.97. The smallest absolute Gasteiger partial charge is 0.0666 e. The van der Waals surface area contributed by atoms with E-state index in [1.807, 2.05) is 0 Å². The highest BCUT2D eigenvalue weighted by Crippen LogP contribution is 2.18. The van der Waals surface area contributed by atoms with Crippen molar-refractivity contribution in [2.45, 2.75) is 40.2 Å². The number of benzene rings is 1. The lowest BCUT2D eigenvalue weighted by molar-refractivity contribution is 0.171. The van der Waals surface area contributed by atoms with Crippen molar-refractivity contribution in [2.24, 2.45) is 5.92 Å². The zero-order valence-corrected chi connectivity index (χ0v) is 11.7. The van der Waals surface area contributed by atoms with Crippen LogP contribution in [0.5, 0.6) is 0 Å². The van der Waals surface area contributed by atoms with E-state index in [1.165, 1.54) is 16.8 Å². The third-order valence-corrected chi connectivity index (χ3v) is 3.23. The second kappa shape index (κ2) is 6.65. The average molecular weight is 235 g/mol. The van der Waals surface area contributed by atoms with Gasteiger partial charge in [0.25, 0.3) is 0 Å². The molecular formula is C15H25NO. The maximum absolute atomic E-state index is 5.25. The van der Waals surface area contributed by atoms with E-state index < -0.39 is 0 Å². The molecule has 0 saturated carbocycles. The van der Waals surface area contributed by atoms with E-state index in [4.69, 9.17) is 4.74 Å². The summed E-state index contributed by atoms with van der Waals surface area (Å²) in [6.45, 7) is 9.53. The van der Waals surface area contributed by atoms with Crippen LogP contribution in [0, 0.1) is 12.8 Å². The molecule has 1 rings (SSSR count). The Morgan fingerprint density at radius 2 is 2.00 bits per heavy atom. The molecule has 0 bridgehead atoms. The third kappa shape index (κ3) is 4.04. The fourth-order valence-electron chi connectivity index (χ4n) is 1.98. The molecule has 1 atom stereocenters. The molecule has 0 aliphatic carbocycles. The largest absolute Gasteiger partial charge is 0.383 e. The van der Waals surface area contributed by atoms with Crippen molar-refractivity contribution in [3.63, 3.8) is 0 Å². The summed E-state index contributed by atoms with van der Waals surface area (Å²) in [4.78, 5) is 0. The number of rotatable bonds is 6. The van der Waals surface area contributed by atoms with Gasteiger partial charge in [0, 0.05) is 12.8 Å². The molecule has 0 amide bonds. The number of nitrogens with one attached hydrogen (secondary N) is 1. The molecule has 2 nitrogen and oxygen atoms in total. The second-order valence-corrected chi connectivity index (χ2v) is 4.95. The van der Waals surface area contributed by atoms with Gasteiger partial charge < -0.3 is 10.1 Å². The number of hydrogen-bond donors (Lipinski definition) is 1. The van der Waals surface area contributed by atoms with Crippen LogP contribution in [0.4, 0.5) is 5.69 Å². The minimum absolute atomic E-state index is 0.367. The van der Waals surface area contributed by atoms with Crippen LogP contribution in [-0.4, -0.2) is 19.8 Å². The van der Waals surface area contributed by atoms with E-state index in [2.05, 4.69) is 51.2 Å². The Morgan fingerprint density at radius 1 is 1.29 bits per heavy atom. The predicted octanol–water partition coefficient (Wildman–Crippen LogP) is 3.64. The normalized spacial score (nSPS) is 12.8. The Bertz CT molecular complexity index is 347. The van der Waals surface area contributed by atoms with Gasteiger partial charge in [-0.15, -0.1) is 0 Å². The average Bonchev–Trinajstić information content (AvgIpc) is 2.28. The standard InChI is InChI=1S/C15H25NO/c1-6-13-7-8-14(9-12(13)4)16-15(10-17-5)11(2)3/h7-9,11,15-16H,6,10H2,1-5H3. The molecule has 96 valence electrons. The zero-order valence-electron chi connectivity index (χ0n) is 11.7. The van der Waals surface area contributed by atoms with Gasteiger partial charge in [-0.3, -0.25) is 0 Å². The lowest BCUT2D eigenvalue weighted by atomic mass is 10.0. The lowest BCUT2D eigenvalue weighted by Gasteiger charge is -2.23. The van der Waals surface area contributed by atoms with E-state index in [-0.39, 0.29) is 0 Å². The summed E-state index contributed by atoms with van der Waals surface area (Å²) >= 11 is 0. The molecule has 0 fully saturated rings. The lowest BCUT2D eigenvalue weighted by Crippen LogP contribution is -2.30. The van der Waals surface area contributed by atoms with Gasteiger partial charge in [0.15, 0.2) is 0 Å². The summed E-state index contributed by atoms with van der Waals surface area (Å²) in [6.07, 6.45) is 1.10. The number of anilines is 1. The van der Waals surface area contributed by atoms with Crippen LogP contribution in [0.2, 0.25) is 0 Å². The van der Waals surface area contributed by atoms with E-state index in [1.54, 1.807) is 7.11 Å². The minimum Gasteiger partial charge on any atom is -0.383 e. The Balaban J connectivity index is 2.76. The number of aryl methyl sites for hydroxylation is 2. The monoisotopic (exact) mass is 235 g/mol. The van der Waals surface area contributed by atoms with Crippen LogP contribution >= 0.6 is 0 Å². The highest BCUT2D eigenvalue weighted by Gasteiger charge is 2.12. The van der Waals surface area contributed by atoms with Crippen LogP contribution in [0.15, 0.2) is 18.2 Å². The minimum atomic E-state index is 0.367. The predicted molar refractivity (Wildman–Crippen MR) is 74.7 cm³/mol. The van der Waals surface area contributed by atoms with Crippen LogP contribution in [0.1, 0.15) is 31.9 Å². The van der Waals surface area contributed by atoms with Gasteiger partial charge in [0.1, 0.15) is 0 Å². The molecule has 1 unspecified atom stereocenters. The van der Waals surface area contributed by atoms with Crippen molar-refractivity contribution in [3.05, 3.63) is 29.3 Å². The summed E-state index contributed by atoms with van der Waals surface area (Å²) in [5.74, 6) is 0.557. The summed E-state index contributed by atoms with van der Waals surface area (Å²) in [5, 5.41) is 3.55. The van der Waals surface area contributed by atoms with Gasteiger partial charge in [0.05, 0.1) is 12.6 Å². The molecule has 0 saturated heterocycles. The van der Waals surface area contributed by atoms with Gasteiger partial charge in [-0.25, -0.2) is 0 Å². The first-order valence-electron chi connectivity index (χ1n) is 6.43. The van der Waals surface area contributed by atoms with Crippen molar-refractivity contribution in [3.8, 4) is 0 Å². The van der Waals surface area contributed by atoms with Crippen molar-refractivity contribution in [1.29, 1.82) is 0 Å². The first-order valence-corrected chi connectivity index (χ1v) is 6.43. The van der Waals surface area contributed by atoms with E-state index in [0.717, 1.165) is 13.0 Å². The van der Waals surface area contributed by atoms with Crippen LogP contribution in [-0.2, 0) is 11.2 Å². The maximum atomic E-state index is 5.25. The molecule has 17 heavy (non-hydrogen) atoms. The highest BCUT2D eigenvalue weighted by molar-refractivity contribution is 5.49. The fourth-order valence-corrected chi connectivity index (χ4v) is 1.98. The van der Waals surface area contributed by atoms with Crippen LogP contribution in [0.25, 0.3) is 0 Å². The van der Waals surface area contributed by atoms with Crippen molar-refractivity contribution in [2.75, 3.05) is 19.0 Å². The molecule has 1 aromatic rings. The second-order valence-electron chi connectivity index (χ2n) is 4.95. The van der Waals surface area contributed by atoms with E-state index in [9.17, 15) is 0 Å². The maximum Gasteiger partial charge on any atom is 0.0666 e. The van der Waals surface area contributed by atoms with Crippen LogP contribution < -0.4 is 5.32 Å². The Kier molecular flexibility index (Phi) is 5.49. The summed E-state index contributed by atoms with van der Waals surface area (Å²) < 4.78 is 5.25. The molecule has 1 aromatic carbocycles. The molecular weight excluding hydrogens is 210 g/mol. The molecule has 0 spiro atoms. The molecule has 0 radical (unpaired) electrons. The SMILES string of the molecule is CCc1ccc(NC(COC)C(C)C)cc1C. The number of ether oxygens (including phenoxy) is 1. The van der Waals surface area contributed by atoms with Crippen molar-refractivity contribution < 1.29 is 4.74 Å². The van der Waals surface area contributed by atoms with E-state index in [0.29, 0.717) is 12.0 Å². The van der Waals surface area contributed by atoms with Gasteiger partial charge >= 0.3 is 0 Å². The zero-order chi connectivity index (χ0) is 12.8. The molecule has 0 heterocycles. The topological polar surface area (TPSA) is 21.3 Å². The molecule has 0 aliphatic rings. The number of methoxy groups -OCH3 is 1. The van der Waals surface area contributed by atoms with Gasteiger partial charge in [0.2, 0.25) is 0 Å². The Labute approximate surface area is 105 Å². The Hall–Kier alpha value is -1.02. The molecule has 0 aromatic heterocycles. The van der Waals surface area contributed by atoms with Crippen LogP contribution in [0.3, 0.4) is 0 Å². The summed E-state index contributed by atoms with van der Waals surface area (Å²) in [6, 6.07) is 6.97. The molecule has 0 aliphatic heterocycles. The fraction of sp³-hybridized carbons (Fsp3) is 0.600. The summed E-state index contributed by atoms with van der Waals surface area (Å²) in [7, 11) is 1.75. The molecule has 1 N–H and O–H groups in total. The van der Waals surface area contributed by atoms with Gasteiger partial charge in [-0.2, -0.15) is 0 Å². The van der Waals surface area contributed by atoms with E-state index >= 15 is 0 Å². The van der Waals surface area contributed by atoms with Crippen molar-refractivity contribution in [1.82, 2.24) is 0 Å². The quantitative estimate of drug-likeness (QED) is 0.812. The van der Waals surface area contributed by atoms with Gasteiger partial charge in [-0.05, 0) is 42.5 Å². The molecule has 2 heteroatoms. The number of hydrogen-bond acceptors (Lipinski definition) is 2. The van der Waals surface area contributed by atoms with Crippen molar-refractivity contribution >= 4 is 5.69 Å². The highest BCUT2D eigenvalue weighted by atomic mass is 16.5. The Morgan fingerprint density at radius 3 is 2.47 bits per heavy atom. The van der Waals surface area contributed by atoms with Gasteiger partial charge in [-0.1, -0.05) is 26.8 Å². The first-order chi connectivity index (χ1) is 8.08. The third-order valence-electron chi connectivity index (χ3n) is 3.23.